The van der Waals surface area contributed by atoms with Crippen LogP contribution in [0.25, 0.3) is 0 Å². The molecule has 1 amide bonds. The third-order valence-electron chi connectivity index (χ3n) is 2.33. The van der Waals surface area contributed by atoms with Gasteiger partial charge in [0.2, 0.25) is 11.6 Å². The van der Waals surface area contributed by atoms with Crippen LogP contribution in [0.1, 0.15) is 26.5 Å². The van der Waals surface area contributed by atoms with E-state index in [9.17, 15) is 14.9 Å². The van der Waals surface area contributed by atoms with Gasteiger partial charge in [0.15, 0.2) is 5.76 Å². The van der Waals surface area contributed by atoms with Crippen molar-refractivity contribution in [1.29, 1.82) is 0 Å². The largest absolute Gasteiger partial charge is 0.446 e. The van der Waals surface area contributed by atoms with Crippen molar-refractivity contribution >= 4 is 17.7 Å². The van der Waals surface area contributed by atoms with Gasteiger partial charge in [0.05, 0.1) is 6.07 Å². The van der Waals surface area contributed by atoms with E-state index >= 15 is 0 Å². The lowest BCUT2D eigenvalue weighted by atomic mass is 10.3. The molecule has 0 saturated heterocycles. The average molecular weight is 253 g/mol. The van der Waals surface area contributed by atoms with Crippen LogP contribution >= 0.6 is 0 Å². The number of rotatable bonds is 2. The van der Waals surface area contributed by atoms with E-state index in [1.807, 2.05) is 0 Å². The third-order valence-corrected chi connectivity index (χ3v) is 2.33. The van der Waals surface area contributed by atoms with Crippen LogP contribution in [0, 0.1) is 10.1 Å². The average Bonchev–Trinajstić information content (AvgIpc) is 2.81. The molecule has 18 heavy (non-hydrogen) atoms. The Labute approximate surface area is 102 Å². The Bertz CT molecular complexity index is 545. The number of carbonyl (C=O) groups is 1. The maximum Gasteiger partial charge on any atom is 0.433 e. The monoisotopic (exact) mass is 253 g/mol. The molecule has 0 radical (unpaired) electrons. The summed E-state index contributed by atoms with van der Waals surface area (Å²) in [7, 11) is 0. The van der Waals surface area contributed by atoms with E-state index in [1.54, 1.807) is 13.8 Å². The van der Waals surface area contributed by atoms with Gasteiger partial charge < -0.3 is 9.15 Å². The number of hydrazone groups is 1. The number of hydrogen-bond donors (Lipinski definition) is 0. The molecule has 96 valence electrons. The first-order valence-corrected chi connectivity index (χ1v) is 5.14. The quantitative estimate of drug-likeness (QED) is 0.587. The van der Waals surface area contributed by atoms with Crippen molar-refractivity contribution in [3.8, 4) is 0 Å². The number of ether oxygens (including phenoxy) is 1. The highest BCUT2D eigenvalue weighted by molar-refractivity contribution is 5.94. The highest BCUT2D eigenvalue weighted by Gasteiger charge is 2.40. The minimum atomic E-state index is -0.942. The molecule has 2 heterocycles. The molecule has 0 aromatic carbocycles. The van der Waals surface area contributed by atoms with E-state index in [2.05, 4.69) is 5.10 Å². The highest BCUT2D eigenvalue weighted by atomic mass is 16.7. The first-order valence-electron chi connectivity index (χ1n) is 5.14. The minimum absolute atomic E-state index is 0.0447. The summed E-state index contributed by atoms with van der Waals surface area (Å²) in [5.74, 6) is -0.548. The fourth-order valence-corrected chi connectivity index (χ4v) is 1.60. The van der Waals surface area contributed by atoms with Gasteiger partial charge in [-0.15, -0.1) is 5.10 Å². The van der Waals surface area contributed by atoms with E-state index < -0.39 is 16.5 Å². The Balaban J connectivity index is 2.32. The lowest BCUT2D eigenvalue weighted by molar-refractivity contribution is -0.402. The first kappa shape index (κ1) is 12.1. The summed E-state index contributed by atoms with van der Waals surface area (Å²) in [6, 6.07) is 2.57. The van der Waals surface area contributed by atoms with Crippen molar-refractivity contribution in [3.05, 3.63) is 28.0 Å². The van der Waals surface area contributed by atoms with E-state index in [4.69, 9.17) is 9.15 Å². The van der Waals surface area contributed by atoms with Crippen LogP contribution < -0.4 is 0 Å². The van der Waals surface area contributed by atoms with Gasteiger partial charge in [-0.05, 0) is 19.9 Å². The van der Waals surface area contributed by atoms with E-state index in [0.717, 1.165) is 5.01 Å². The Kier molecular flexibility index (Phi) is 2.57. The van der Waals surface area contributed by atoms with E-state index in [-0.39, 0.29) is 17.6 Å². The lowest BCUT2D eigenvalue weighted by Gasteiger charge is -2.25. The number of furan rings is 1. The van der Waals surface area contributed by atoms with Gasteiger partial charge in [0.1, 0.15) is 4.92 Å². The Hall–Kier alpha value is -2.38. The van der Waals surface area contributed by atoms with Gasteiger partial charge in [0, 0.05) is 6.92 Å². The molecule has 8 heteroatoms. The Morgan fingerprint density at radius 2 is 2.17 bits per heavy atom. The minimum Gasteiger partial charge on any atom is -0.446 e. The maximum absolute atomic E-state index is 11.4. The smallest absolute Gasteiger partial charge is 0.433 e. The molecule has 0 spiro atoms. The Morgan fingerprint density at radius 3 is 2.61 bits per heavy atom. The molecule has 1 aromatic heterocycles. The van der Waals surface area contributed by atoms with Gasteiger partial charge in [0.25, 0.3) is 5.90 Å². The summed E-state index contributed by atoms with van der Waals surface area (Å²) in [5, 5.41) is 15.6. The summed E-state index contributed by atoms with van der Waals surface area (Å²) in [6.45, 7) is 4.66. The molecule has 0 aliphatic carbocycles. The topological polar surface area (TPSA) is 98.2 Å². The number of hydrogen-bond acceptors (Lipinski definition) is 6. The summed E-state index contributed by atoms with van der Waals surface area (Å²) in [6.07, 6.45) is 0. The predicted octanol–water partition coefficient (Wildman–Crippen LogP) is 1.46. The SMILES string of the molecule is CC(=O)N1N=C(c2ccc([N+](=O)[O-])o2)OC1(C)C. The van der Waals surface area contributed by atoms with Crippen molar-refractivity contribution in [2.75, 3.05) is 0 Å². The summed E-state index contributed by atoms with van der Waals surface area (Å²) >= 11 is 0. The number of amides is 1. The standard InChI is InChI=1S/C10H11N3O5/c1-6(14)12-10(2,3)18-9(11-12)7-4-5-8(17-7)13(15)16/h4-5H,1-3H3. The van der Waals surface area contributed by atoms with Crippen LogP contribution in [-0.4, -0.2) is 27.5 Å². The number of nitro groups is 1. The van der Waals surface area contributed by atoms with Gasteiger partial charge in [-0.1, -0.05) is 0 Å². The van der Waals surface area contributed by atoms with Crippen LogP contribution in [0.15, 0.2) is 21.7 Å². The number of nitrogens with zero attached hydrogens (tertiary/aromatic N) is 3. The highest BCUT2D eigenvalue weighted by Crippen LogP contribution is 2.28. The Morgan fingerprint density at radius 1 is 1.50 bits per heavy atom. The van der Waals surface area contributed by atoms with Crippen LogP contribution in [0.4, 0.5) is 5.88 Å². The van der Waals surface area contributed by atoms with Gasteiger partial charge >= 0.3 is 5.88 Å². The van der Waals surface area contributed by atoms with Crippen LogP contribution in [0.3, 0.4) is 0 Å². The molecule has 2 rings (SSSR count). The molecule has 8 nitrogen and oxygen atoms in total. The zero-order chi connectivity index (χ0) is 13.5. The molecule has 0 bridgehead atoms. The second kappa shape index (κ2) is 3.83. The maximum atomic E-state index is 11.4. The molecule has 0 N–H and O–H groups in total. The molecule has 0 saturated carbocycles. The van der Waals surface area contributed by atoms with Crippen LogP contribution in [0.5, 0.6) is 0 Å². The molecule has 0 unspecified atom stereocenters. The molecule has 1 aliphatic heterocycles. The van der Waals surface area contributed by atoms with Crippen molar-refractivity contribution in [3.63, 3.8) is 0 Å². The first-order chi connectivity index (χ1) is 8.31. The molecular weight excluding hydrogens is 242 g/mol. The van der Waals surface area contributed by atoms with Crippen molar-refractivity contribution in [2.45, 2.75) is 26.5 Å². The van der Waals surface area contributed by atoms with E-state index in [0.29, 0.717) is 0 Å². The summed E-state index contributed by atoms with van der Waals surface area (Å²) < 4.78 is 10.4. The van der Waals surface area contributed by atoms with Gasteiger partial charge in [-0.25, -0.2) is 0 Å². The van der Waals surface area contributed by atoms with Crippen molar-refractivity contribution in [1.82, 2.24) is 5.01 Å². The van der Waals surface area contributed by atoms with Crippen LogP contribution in [0.2, 0.25) is 0 Å². The predicted molar refractivity (Wildman–Crippen MR) is 59.6 cm³/mol. The molecule has 1 aliphatic rings. The summed E-state index contributed by atoms with van der Waals surface area (Å²) in [5.41, 5.74) is -0.942. The van der Waals surface area contributed by atoms with Gasteiger partial charge in [-0.2, -0.15) is 5.01 Å². The molecular formula is C10H11N3O5. The zero-order valence-corrected chi connectivity index (χ0v) is 10.0. The molecule has 0 fully saturated rings. The second-order valence-corrected chi connectivity index (χ2v) is 4.18. The zero-order valence-electron chi connectivity index (χ0n) is 10.0. The van der Waals surface area contributed by atoms with Gasteiger partial charge in [-0.3, -0.25) is 14.9 Å². The second-order valence-electron chi connectivity index (χ2n) is 4.18. The fourth-order valence-electron chi connectivity index (χ4n) is 1.60. The van der Waals surface area contributed by atoms with Crippen LogP contribution in [-0.2, 0) is 9.53 Å². The summed E-state index contributed by atoms with van der Waals surface area (Å²) in [4.78, 5) is 21.2. The van der Waals surface area contributed by atoms with Crippen molar-refractivity contribution < 1.29 is 18.9 Å². The van der Waals surface area contributed by atoms with Crippen molar-refractivity contribution in [2.24, 2.45) is 5.10 Å². The van der Waals surface area contributed by atoms with E-state index in [1.165, 1.54) is 19.1 Å². The normalized spacial score (nSPS) is 17.3. The fraction of sp³-hybridized carbons (Fsp3) is 0.400. The third kappa shape index (κ3) is 1.92. The number of carbonyl (C=O) groups excluding carboxylic acids is 1. The molecule has 0 atom stereocenters. The molecule has 1 aromatic rings. The lowest BCUT2D eigenvalue weighted by Crippen LogP contribution is -2.41.